The predicted molar refractivity (Wildman–Crippen MR) is 121 cm³/mol. The van der Waals surface area contributed by atoms with E-state index in [2.05, 4.69) is 64.2 Å². The largest absolute Gasteiger partial charge is 2.00 e. The summed E-state index contributed by atoms with van der Waals surface area (Å²) in [4.78, 5) is 2.14. The molecule has 2 aliphatic carbocycles. The van der Waals surface area contributed by atoms with Crippen LogP contribution in [0.15, 0.2) is 24.3 Å². The molecule has 0 spiro atoms. The van der Waals surface area contributed by atoms with Gasteiger partial charge in [0.05, 0.1) is 12.7 Å². The molecule has 0 saturated heterocycles. The number of methoxy groups -OCH3 is 1. The van der Waals surface area contributed by atoms with Crippen LogP contribution < -0.4 is 4.74 Å². The minimum atomic E-state index is -0.863. The molecule has 1 aromatic rings. The first-order valence-corrected chi connectivity index (χ1v) is 10.4. The fourth-order valence-electron chi connectivity index (χ4n) is 3.99. The molecule has 162 valence electrons. The Kier molecular flexibility index (Phi) is 12.6. The molecule has 0 amide bonds. The maximum Gasteiger partial charge on any atom is 2.00 e. The van der Waals surface area contributed by atoms with Crippen molar-refractivity contribution in [2.24, 2.45) is 0 Å². The fraction of sp³-hybridized carbons (Fsp3) is 0.385. The van der Waals surface area contributed by atoms with Gasteiger partial charge in [-0.1, -0.05) is 26.0 Å². The van der Waals surface area contributed by atoms with Crippen LogP contribution in [0.5, 0.6) is 5.75 Å². The van der Waals surface area contributed by atoms with Gasteiger partial charge in [-0.3, -0.25) is 0 Å². The Bertz CT molecular complexity index is 565. The van der Waals surface area contributed by atoms with Crippen molar-refractivity contribution in [3.63, 3.8) is 0 Å². The summed E-state index contributed by atoms with van der Waals surface area (Å²) >= 11 is 0. The summed E-state index contributed by atoms with van der Waals surface area (Å²) in [5, 5.41) is 11.7. The van der Waals surface area contributed by atoms with Crippen molar-refractivity contribution >= 4 is 0 Å². The van der Waals surface area contributed by atoms with Gasteiger partial charge in [0, 0.05) is 24.3 Å². The summed E-state index contributed by atoms with van der Waals surface area (Å²) in [6.45, 7) is 5.05. The molecule has 30 heavy (non-hydrogen) atoms. The first-order chi connectivity index (χ1) is 14.0. The summed E-state index contributed by atoms with van der Waals surface area (Å²) in [7, 11) is 5.79. The molecule has 4 heteroatoms. The quantitative estimate of drug-likeness (QED) is 0.585. The molecule has 0 unspecified atom stereocenters. The second-order valence-corrected chi connectivity index (χ2v) is 7.68. The minimum Gasteiger partial charge on any atom is -0.497 e. The van der Waals surface area contributed by atoms with Crippen LogP contribution in [0.25, 0.3) is 0 Å². The van der Waals surface area contributed by atoms with E-state index in [0.717, 1.165) is 30.2 Å². The molecule has 2 aliphatic rings. The van der Waals surface area contributed by atoms with Gasteiger partial charge >= 0.3 is 17.1 Å². The zero-order valence-electron chi connectivity index (χ0n) is 18.8. The van der Waals surface area contributed by atoms with Crippen molar-refractivity contribution in [3.8, 4) is 5.75 Å². The minimum absolute atomic E-state index is 0. The summed E-state index contributed by atoms with van der Waals surface area (Å²) in [5.74, 6) is 3.16. The van der Waals surface area contributed by atoms with Crippen LogP contribution in [0.1, 0.15) is 38.2 Å². The van der Waals surface area contributed by atoms with E-state index in [0.29, 0.717) is 6.42 Å². The van der Waals surface area contributed by atoms with E-state index in [9.17, 15) is 5.11 Å². The number of rotatable bonds is 8. The third kappa shape index (κ3) is 7.26. The van der Waals surface area contributed by atoms with E-state index in [1.165, 1.54) is 5.92 Å². The van der Waals surface area contributed by atoms with E-state index in [-0.39, 0.29) is 23.0 Å². The summed E-state index contributed by atoms with van der Waals surface area (Å²) in [6, 6.07) is 8.09. The number of nitrogens with zero attached hydrogens (tertiary/aromatic N) is 1. The van der Waals surface area contributed by atoms with Crippen LogP contribution in [0.3, 0.4) is 0 Å². The van der Waals surface area contributed by atoms with Gasteiger partial charge in [-0.25, -0.2) is 0 Å². The Morgan fingerprint density at radius 3 is 1.93 bits per heavy atom. The molecule has 1 aromatic carbocycles. The molecule has 2 atom stereocenters. The second-order valence-electron chi connectivity index (χ2n) is 7.68. The van der Waals surface area contributed by atoms with Gasteiger partial charge < -0.3 is 14.7 Å². The Labute approximate surface area is 196 Å². The van der Waals surface area contributed by atoms with E-state index >= 15 is 0 Å². The van der Waals surface area contributed by atoms with Gasteiger partial charge in [-0.15, -0.1) is 0 Å². The number of hydrogen-bond acceptors (Lipinski definition) is 3. The van der Waals surface area contributed by atoms with E-state index in [1.807, 2.05) is 44.2 Å². The number of ether oxygens (including phenoxy) is 1. The van der Waals surface area contributed by atoms with Crippen LogP contribution in [-0.4, -0.2) is 43.4 Å². The van der Waals surface area contributed by atoms with Crippen LogP contribution in [0, 0.1) is 63.2 Å². The van der Waals surface area contributed by atoms with Crippen LogP contribution in [-0.2, 0) is 17.1 Å². The Morgan fingerprint density at radius 2 is 1.50 bits per heavy atom. The molecular formula is C26H35FeNO2+2. The molecule has 2 fully saturated rings. The first-order valence-electron chi connectivity index (χ1n) is 10.4. The van der Waals surface area contributed by atoms with Gasteiger partial charge in [-0.2, -0.15) is 0 Å². The molecule has 1 N–H and O–H groups in total. The van der Waals surface area contributed by atoms with Gasteiger partial charge in [0.25, 0.3) is 0 Å². The monoisotopic (exact) mass is 449 g/mol. The number of hydrogen-bond donors (Lipinski definition) is 1. The van der Waals surface area contributed by atoms with Gasteiger partial charge in [0.1, 0.15) is 5.75 Å². The summed E-state index contributed by atoms with van der Waals surface area (Å²) < 4.78 is 5.26. The average molecular weight is 449 g/mol. The third-order valence-electron chi connectivity index (χ3n) is 5.46. The Morgan fingerprint density at radius 1 is 0.933 bits per heavy atom. The predicted octanol–water partition coefficient (Wildman–Crippen LogP) is 4.69. The van der Waals surface area contributed by atoms with Crippen molar-refractivity contribution < 1.29 is 26.9 Å². The first kappa shape index (κ1) is 27.5. The van der Waals surface area contributed by atoms with Gasteiger partial charge in [0.15, 0.2) is 0 Å². The van der Waals surface area contributed by atoms with E-state index < -0.39 is 5.60 Å². The molecule has 10 radical (unpaired) electrons. The van der Waals surface area contributed by atoms with E-state index in [1.54, 1.807) is 7.11 Å². The molecule has 0 heterocycles. The van der Waals surface area contributed by atoms with Crippen molar-refractivity contribution in [2.75, 3.05) is 27.7 Å². The molecular weight excluding hydrogens is 414 g/mol. The normalized spacial score (nSPS) is 20.2. The maximum atomic E-state index is 11.7. The van der Waals surface area contributed by atoms with Crippen molar-refractivity contribution in [3.05, 3.63) is 93.0 Å². The molecule has 0 aliphatic heterocycles. The molecule has 2 saturated carbocycles. The van der Waals surface area contributed by atoms with Crippen LogP contribution in [0.2, 0.25) is 0 Å². The van der Waals surface area contributed by atoms with Crippen molar-refractivity contribution in [1.29, 1.82) is 0 Å². The van der Waals surface area contributed by atoms with Gasteiger partial charge in [0.2, 0.25) is 0 Å². The summed E-state index contributed by atoms with van der Waals surface area (Å²) in [6.07, 6.45) is 17.8. The molecule has 3 nitrogen and oxygen atoms in total. The standard InChI is InChI=1S/C21H30NO2.C5H5.Fe/c1-6-19(16-11-13-18(24-5)14-12-16)21(23,7-2)20-10-8-9-17(20)15-22(3)4;1-2-4-5-3-1;/h8-14,19,23H,6-7,15H2,1-5H3;1-5H;/q;;+2/t19-,21+;;/m0../s1. The average Bonchev–Trinajstić information content (AvgIpc) is 3.44. The van der Waals surface area contributed by atoms with Crippen LogP contribution in [0.4, 0.5) is 0 Å². The number of benzene rings is 1. The maximum absolute atomic E-state index is 11.7. The third-order valence-corrected chi connectivity index (χ3v) is 5.46. The zero-order chi connectivity index (χ0) is 21.3. The molecule has 3 rings (SSSR count). The van der Waals surface area contributed by atoms with Crippen molar-refractivity contribution in [1.82, 2.24) is 4.90 Å². The molecule has 0 bridgehead atoms. The molecule has 0 aromatic heterocycles. The summed E-state index contributed by atoms with van der Waals surface area (Å²) in [5.41, 5.74) is 0.290. The SMILES string of the molecule is CC[C@@H](c1ccc(OC)cc1)[C@](O)(CC)[C]1[CH][CH][CH][C]1CN(C)C.[CH]1[CH][CH][CH][CH]1.[Fe+2]. The Balaban J connectivity index is 0.000000655. The fourth-order valence-corrected chi connectivity index (χ4v) is 3.99. The topological polar surface area (TPSA) is 32.7 Å². The number of aliphatic hydroxyl groups is 1. The second kappa shape index (κ2) is 13.8. The Hall–Kier alpha value is -0.541. The van der Waals surface area contributed by atoms with Crippen molar-refractivity contribution in [2.45, 2.75) is 38.2 Å². The van der Waals surface area contributed by atoms with Crippen LogP contribution >= 0.6 is 0 Å². The van der Waals surface area contributed by atoms with Gasteiger partial charge in [-0.05, 0) is 96.0 Å². The van der Waals surface area contributed by atoms with E-state index in [4.69, 9.17) is 4.74 Å². The smallest absolute Gasteiger partial charge is 0.497 e. The zero-order valence-corrected chi connectivity index (χ0v) is 19.9.